The number of rotatable bonds is 11. The van der Waals surface area contributed by atoms with E-state index in [4.69, 9.17) is 14.2 Å². The summed E-state index contributed by atoms with van der Waals surface area (Å²) in [6, 6.07) is 9.66. The third-order valence-corrected chi connectivity index (χ3v) is 4.89. The van der Waals surface area contributed by atoms with E-state index in [2.05, 4.69) is 10.3 Å². The van der Waals surface area contributed by atoms with Crippen molar-refractivity contribution in [1.82, 2.24) is 10.3 Å². The normalized spacial score (nSPS) is 13.4. The summed E-state index contributed by atoms with van der Waals surface area (Å²) in [5.41, 5.74) is 0.113. The number of carbonyl (C=O) groups excluding carboxylic acids is 4. The molecule has 2 unspecified atom stereocenters. The summed E-state index contributed by atoms with van der Waals surface area (Å²) >= 11 is 0. The standard InChI is InChI=1S/C25H30N2O7/c1-15(2)22(34-20-9-7-6-8-10-20)17(4)32-25(31)16(3)27-24(30)21-23(33-18(5)29)19(12-14-28)11-13-26-21/h6-11,13-17,22H,12H2,1-5H3,(H,27,30)/t16-,17?,22?/m0/s1. The molecule has 34 heavy (non-hydrogen) atoms. The topological polar surface area (TPSA) is 121 Å². The first-order chi connectivity index (χ1) is 16.1. The molecule has 1 N–H and O–H groups in total. The zero-order chi connectivity index (χ0) is 25.3. The molecule has 0 spiro atoms. The molecule has 1 amide bonds. The second kappa shape index (κ2) is 12.5. The molecule has 182 valence electrons. The molecule has 9 heteroatoms. The van der Waals surface area contributed by atoms with Gasteiger partial charge in [-0.25, -0.2) is 9.78 Å². The first-order valence-corrected chi connectivity index (χ1v) is 11.0. The molecule has 0 aliphatic rings. The average Bonchev–Trinajstić information content (AvgIpc) is 2.78. The zero-order valence-corrected chi connectivity index (χ0v) is 19.9. The van der Waals surface area contributed by atoms with Gasteiger partial charge in [-0.1, -0.05) is 32.0 Å². The Morgan fingerprint density at radius 3 is 2.32 bits per heavy atom. The zero-order valence-electron chi connectivity index (χ0n) is 19.9. The monoisotopic (exact) mass is 470 g/mol. The van der Waals surface area contributed by atoms with Crippen LogP contribution in [0.15, 0.2) is 42.6 Å². The number of para-hydroxylation sites is 1. The van der Waals surface area contributed by atoms with Gasteiger partial charge in [0.05, 0.1) is 0 Å². The van der Waals surface area contributed by atoms with Crippen LogP contribution >= 0.6 is 0 Å². The predicted molar refractivity (Wildman–Crippen MR) is 123 cm³/mol. The minimum Gasteiger partial charge on any atom is -0.486 e. The molecule has 0 radical (unpaired) electrons. The van der Waals surface area contributed by atoms with Gasteiger partial charge in [0.15, 0.2) is 11.4 Å². The number of benzene rings is 1. The van der Waals surface area contributed by atoms with E-state index in [1.807, 2.05) is 44.2 Å². The van der Waals surface area contributed by atoms with Gasteiger partial charge in [0.1, 0.15) is 30.3 Å². The Kier molecular flexibility index (Phi) is 9.73. The number of aromatic nitrogens is 1. The molecule has 2 aromatic rings. The highest BCUT2D eigenvalue weighted by atomic mass is 16.6. The lowest BCUT2D eigenvalue weighted by atomic mass is 10.0. The number of amides is 1. The smallest absolute Gasteiger partial charge is 0.328 e. The highest BCUT2D eigenvalue weighted by Crippen LogP contribution is 2.23. The Morgan fingerprint density at radius 1 is 1.06 bits per heavy atom. The van der Waals surface area contributed by atoms with Crippen molar-refractivity contribution in [3.63, 3.8) is 0 Å². The van der Waals surface area contributed by atoms with Crippen molar-refractivity contribution in [3.05, 3.63) is 53.9 Å². The minimum atomic E-state index is -1.03. The molecule has 3 atom stereocenters. The molecule has 0 aliphatic heterocycles. The summed E-state index contributed by atoms with van der Waals surface area (Å²) in [5, 5.41) is 2.51. The largest absolute Gasteiger partial charge is 0.486 e. The van der Waals surface area contributed by atoms with Crippen molar-refractivity contribution in [2.45, 2.75) is 59.3 Å². The van der Waals surface area contributed by atoms with Crippen molar-refractivity contribution in [2.75, 3.05) is 0 Å². The third kappa shape index (κ3) is 7.40. The van der Waals surface area contributed by atoms with Crippen molar-refractivity contribution < 1.29 is 33.4 Å². The van der Waals surface area contributed by atoms with Gasteiger partial charge < -0.3 is 24.3 Å². The maximum atomic E-state index is 12.8. The predicted octanol–water partition coefficient (Wildman–Crippen LogP) is 2.90. The van der Waals surface area contributed by atoms with Crippen LogP contribution in [0.5, 0.6) is 11.5 Å². The molecule has 0 saturated heterocycles. The van der Waals surface area contributed by atoms with E-state index < -0.39 is 36.1 Å². The van der Waals surface area contributed by atoms with E-state index in [0.717, 1.165) is 0 Å². The van der Waals surface area contributed by atoms with Crippen LogP contribution in [0.1, 0.15) is 50.7 Å². The number of pyridine rings is 1. The number of hydrogen-bond donors (Lipinski definition) is 1. The van der Waals surface area contributed by atoms with Crippen molar-refractivity contribution in [3.8, 4) is 11.5 Å². The number of esters is 2. The molecular weight excluding hydrogens is 440 g/mol. The van der Waals surface area contributed by atoms with Crippen LogP contribution in [0.2, 0.25) is 0 Å². The van der Waals surface area contributed by atoms with Crippen LogP contribution in [0, 0.1) is 5.92 Å². The maximum Gasteiger partial charge on any atom is 0.328 e. The summed E-state index contributed by atoms with van der Waals surface area (Å²) in [5.74, 6) is -1.50. The number of aldehydes is 1. The Bertz CT molecular complexity index is 1010. The maximum absolute atomic E-state index is 12.8. The Balaban J connectivity index is 2.10. The van der Waals surface area contributed by atoms with Crippen LogP contribution in [-0.4, -0.2) is 47.4 Å². The molecule has 1 heterocycles. The lowest BCUT2D eigenvalue weighted by Gasteiger charge is -2.29. The van der Waals surface area contributed by atoms with E-state index in [1.54, 1.807) is 6.92 Å². The minimum absolute atomic E-state index is 0.0453. The molecule has 0 aliphatic carbocycles. The van der Waals surface area contributed by atoms with Crippen LogP contribution in [0.4, 0.5) is 0 Å². The van der Waals surface area contributed by atoms with Gasteiger partial charge in [0.2, 0.25) is 0 Å². The molecule has 1 aromatic heterocycles. The van der Waals surface area contributed by atoms with E-state index in [0.29, 0.717) is 17.6 Å². The number of hydrogen-bond acceptors (Lipinski definition) is 8. The summed E-state index contributed by atoms with van der Waals surface area (Å²) < 4.78 is 16.7. The van der Waals surface area contributed by atoms with Crippen LogP contribution in [-0.2, 0) is 25.5 Å². The van der Waals surface area contributed by atoms with E-state index in [-0.39, 0.29) is 23.8 Å². The van der Waals surface area contributed by atoms with Gasteiger partial charge in [-0.15, -0.1) is 0 Å². The quantitative estimate of drug-likeness (QED) is 0.393. The Morgan fingerprint density at radius 2 is 1.74 bits per heavy atom. The van der Waals surface area contributed by atoms with Crippen molar-refractivity contribution >= 4 is 24.1 Å². The molecule has 0 bridgehead atoms. The Hall–Kier alpha value is -3.75. The molecule has 1 aromatic carbocycles. The number of nitrogens with one attached hydrogen (secondary N) is 1. The van der Waals surface area contributed by atoms with Gasteiger partial charge in [0.25, 0.3) is 5.91 Å². The summed E-state index contributed by atoms with van der Waals surface area (Å²) in [6.07, 6.45) is 0.858. The van der Waals surface area contributed by atoms with Crippen molar-refractivity contribution in [1.29, 1.82) is 0 Å². The van der Waals surface area contributed by atoms with E-state index >= 15 is 0 Å². The number of nitrogens with zero attached hydrogens (tertiary/aromatic N) is 1. The van der Waals surface area contributed by atoms with Gasteiger partial charge in [-0.3, -0.25) is 9.59 Å². The second-order valence-corrected chi connectivity index (χ2v) is 8.09. The van der Waals surface area contributed by atoms with Crippen LogP contribution in [0.25, 0.3) is 0 Å². The number of carbonyl (C=O) groups is 4. The van der Waals surface area contributed by atoms with Gasteiger partial charge >= 0.3 is 11.9 Å². The van der Waals surface area contributed by atoms with Crippen LogP contribution < -0.4 is 14.8 Å². The first kappa shape index (κ1) is 26.5. The second-order valence-electron chi connectivity index (χ2n) is 8.09. The van der Waals surface area contributed by atoms with Gasteiger partial charge in [0, 0.05) is 25.1 Å². The fourth-order valence-corrected chi connectivity index (χ4v) is 3.26. The molecule has 0 saturated carbocycles. The van der Waals surface area contributed by atoms with E-state index in [9.17, 15) is 19.2 Å². The molecule has 0 fully saturated rings. The lowest BCUT2D eigenvalue weighted by Crippen LogP contribution is -2.44. The van der Waals surface area contributed by atoms with Crippen molar-refractivity contribution in [2.24, 2.45) is 5.92 Å². The summed E-state index contributed by atoms with van der Waals surface area (Å²) in [6.45, 7) is 8.28. The highest BCUT2D eigenvalue weighted by molar-refractivity contribution is 5.98. The SMILES string of the molecule is CC(=O)Oc1c(CC=O)ccnc1C(=O)N[C@@H](C)C(=O)OC(C)C(Oc1ccccc1)C(C)C. The van der Waals surface area contributed by atoms with Gasteiger partial charge in [-0.2, -0.15) is 0 Å². The van der Waals surface area contributed by atoms with E-state index in [1.165, 1.54) is 26.1 Å². The Labute approximate surface area is 198 Å². The first-order valence-electron chi connectivity index (χ1n) is 11.0. The fraction of sp³-hybridized carbons (Fsp3) is 0.400. The molecule has 2 rings (SSSR count). The molecular formula is C25H30N2O7. The third-order valence-electron chi connectivity index (χ3n) is 4.89. The number of ether oxygens (including phenoxy) is 3. The average molecular weight is 471 g/mol. The highest BCUT2D eigenvalue weighted by Gasteiger charge is 2.29. The van der Waals surface area contributed by atoms with Gasteiger partial charge in [-0.05, 0) is 38.0 Å². The molecule has 9 nitrogen and oxygen atoms in total. The fourth-order valence-electron chi connectivity index (χ4n) is 3.26. The van der Waals surface area contributed by atoms with Crippen LogP contribution in [0.3, 0.4) is 0 Å². The summed E-state index contributed by atoms with van der Waals surface area (Å²) in [4.78, 5) is 51.9. The summed E-state index contributed by atoms with van der Waals surface area (Å²) in [7, 11) is 0. The lowest BCUT2D eigenvalue weighted by molar-refractivity contribution is -0.155.